The molecule has 0 radical (unpaired) electrons. The third-order valence-electron chi connectivity index (χ3n) is 10.2. The molecule has 3 unspecified atom stereocenters. The average molecular weight is 847 g/mol. The number of ether oxygens (including phenoxy) is 2. The molecule has 1 fully saturated rings. The highest BCUT2D eigenvalue weighted by molar-refractivity contribution is 6.18. The number of fused-ring (bicyclic) bond motifs is 1. The molecule has 0 aromatic heterocycles. The number of hydrazine groups is 1. The molecule has 326 valence electrons. The SMILES string of the molecule is CCN1C=C(C(=O)O)C(=O)C2C=C(F)C(N3CCN(C(=O)OCc4ccc(NC(=O)C(CCCNC(N)=O)N(N)/C=C(\N)CNC(=O)OCc5ccccc5)cc4)CC3)=CC21. The molecular formula is C41H51FN10O9. The number of carbonyl (C=O) groups is 6. The number of hydrogen-bond donors (Lipinski definition) is 7. The highest BCUT2D eigenvalue weighted by atomic mass is 19.1. The highest BCUT2D eigenvalue weighted by Crippen LogP contribution is 2.35. The molecule has 2 aromatic rings. The molecule has 1 aliphatic carbocycles. The van der Waals surface area contributed by atoms with Gasteiger partial charge in [-0.3, -0.25) is 9.59 Å². The molecule has 2 aromatic carbocycles. The van der Waals surface area contributed by atoms with Crippen LogP contribution in [0.4, 0.5) is 24.5 Å². The number of anilines is 1. The molecule has 0 bridgehead atoms. The van der Waals surface area contributed by atoms with E-state index in [1.165, 1.54) is 23.4 Å². The Balaban J connectivity index is 1.10. The van der Waals surface area contributed by atoms with Gasteiger partial charge < -0.3 is 61.7 Å². The Morgan fingerprint density at radius 3 is 2.28 bits per heavy atom. The van der Waals surface area contributed by atoms with E-state index in [1.807, 2.05) is 37.3 Å². The van der Waals surface area contributed by atoms with Crippen LogP contribution in [0.15, 0.2) is 102 Å². The predicted molar refractivity (Wildman–Crippen MR) is 220 cm³/mol. The number of likely N-dealkylation sites (N-methyl/N-ethyl adjacent to an activating group) is 1. The molecule has 19 nitrogen and oxygen atoms in total. The number of ketones is 1. The zero-order chi connectivity index (χ0) is 44.1. The topological polar surface area (TPSA) is 268 Å². The molecule has 5 amide bonds. The number of carboxylic acid groups (broad SMARTS) is 1. The van der Waals surface area contributed by atoms with Gasteiger partial charge in [0.15, 0.2) is 5.78 Å². The zero-order valence-corrected chi connectivity index (χ0v) is 33.6. The van der Waals surface area contributed by atoms with Gasteiger partial charge in [-0.2, -0.15) is 0 Å². The first-order valence-electron chi connectivity index (χ1n) is 19.6. The number of amides is 5. The van der Waals surface area contributed by atoms with E-state index in [9.17, 15) is 33.9 Å². The van der Waals surface area contributed by atoms with Crippen molar-refractivity contribution >= 4 is 41.6 Å². The Labute approximate surface area is 351 Å². The number of carboxylic acids is 1. The van der Waals surface area contributed by atoms with Crippen LogP contribution in [0.1, 0.15) is 30.9 Å². The fraction of sp³-hybridized carbons (Fsp3) is 0.366. The van der Waals surface area contributed by atoms with E-state index in [1.54, 1.807) is 40.1 Å². The average Bonchev–Trinajstić information content (AvgIpc) is 3.24. The number of nitrogens with one attached hydrogen (secondary N) is 3. The molecule has 61 heavy (non-hydrogen) atoms. The van der Waals surface area contributed by atoms with E-state index >= 15 is 4.39 Å². The van der Waals surface area contributed by atoms with Crippen molar-refractivity contribution in [2.24, 2.45) is 23.2 Å². The number of urea groups is 1. The number of hydrogen-bond acceptors (Lipinski definition) is 13. The lowest BCUT2D eigenvalue weighted by molar-refractivity contribution is -0.136. The minimum Gasteiger partial charge on any atom is -0.478 e. The number of nitrogens with zero attached hydrogens (tertiary/aromatic N) is 4. The standard InChI is InChI=1S/C41H51FN10O9/c1-2-49-23-31(38(55)56)36(53)30-19-32(42)35(20-34(30)49)50-15-17-51(18-16-50)41(59)61-25-27-10-12-29(13-11-27)48-37(54)33(9-6-14-46-39(44)57)52(45)22-28(43)21-47-40(58)60-24-26-7-4-3-5-8-26/h3-5,7-8,10-13,19-20,22-23,30,33-34H,2,6,9,14-18,21,24-25,43,45H2,1H3,(H,47,58)(H,48,54)(H,55,56)(H3,44,46,57)/b28-22-. The summed E-state index contributed by atoms with van der Waals surface area (Å²) in [5.74, 6) is 2.21. The Bertz CT molecular complexity index is 2050. The van der Waals surface area contributed by atoms with Crippen molar-refractivity contribution in [2.75, 3.05) is 51.1 Å². The molecule has 10 N–H and O–H groups in total. The van der Waals surface area contributed by atoms with E-state index < -0.39 is 59.7 Å². The Morgan fingerprint density at radius 2 is 1.62 bits per heavy atom. The quantitative estimate of drug-likeness (QED) is 0.0521. The number of alkyl carbamates (subject to hydrolysis) is 1. The smallest absolute Gasteiger partial charge is 0.410 e. The third kappa shape index (κ3) is 12.5. The number of piperazine rings is 1. The van der Waals surface area contributed by atoms with Crippen molar-refractivity contribution < 1.29 is 47.7 Å². The van der Waals surface area contributed by atoms with Crippen LogP contribution in [0.3, 0.4) is 0 Å². The van der Waals surface area contributed by atoms with Gasteiger partial charge in [-0.15, -0.1) is 0 Å². The minimum absolute atomic E-state index is 0.0600. The second kappa shape index (κ2) is 21.3. The number of carbonyl (C=O) groups excluding carboxylic acids is 5. The molecule has 0 saturated carbocycles. The van der Waals surface area contributed by atoms with Gasteiger partial charge in [0.2, 0.25) is 5.91 Å². The largest absolute Gasteiger partial charge is 0.478 e. The Morgan fingerprint density at radius 1 is 0.951 bits per heavy atom. The summed E-state index contributed by atoms with van der Waals surface area (Å²) in [5, 5.41) is 18.4. The normalized spacial score (nSPS) is 18.1. The number of rotatable bonds is 17. The minimum atomic E-state index is -1.35. The van der Waals surface area contributed by atoms with Gasteiger partial charge in [0.05, 0.1) is 24.2 Å². The first-order valence-corrected chi connectivity index (χ1v) is 19.6. The highest BCUT2D eigenvalue weighted by Gasteiger charge is 2.41. The number of aliphatic carboxylic acids is 1. The first-order chi connectivity index (χ1) is 29.2. The summed E-state index contributed by atoms with van der Waals surface area (Å²) < 4.78 is 26.1. The van der Waals surface area contributed by atoms with Crippen molar-refractivity contribution in [1.29, 1.82) is 0 Å². The van der Waals surface area contributed by atoms with Gasteiger partial charge in [-0.25, -0.2) is 29.4 Å². The molecule has 3 aliphatic rings. The molecule has 2 heterocycles. The summed E-state index contributed by atoms with van der Waals surface area (Å²) in [7, 11) is 0. The Hall–Kier alpha value is -7.09. The van der Waals surface area contributed by atoms with Crippen LogP contribution in [0.5, 0.6) is 0 Å². The van der Waals surface area contributed by atoms with E-state index in [-0.39, 0.29) is 62.8 Å². The van der Waals surface area contributed by atoms with E-state index in [2.05, 4.69) is 16.0 Å². The molecule has 3 atom stereocenters. The lowest BCUT2D eigenvalue weighted by atomic mass is 9.82. The van der Waals surface area contributed by atoms with Crippen LogP contribution in [-0.2, 0) is 37.1 Å². The zero-order valence-electron chi connectivity index (χ0n) is 33.6. The number of halogens is 1. The number of benzene rings is 2. The summed E-state index contributed by atoms with van der Waals surface area (Å²) in [6.45, 7) is 3.42. The monoisotopic (exact) mass is 846 g/mol. The van der Waals surface area contributed by atoms with E-state index in [0.29, 0.717) is 37.3 Å². The van der Waals surface area contributed by atoms with Gasteiger partial charge in [-0.1, -0.05) is 42.5 Å². The van der Waals surface area contributed by atoms with Crippen LogP contribution >= 0.6 is 0 Å². The number of primary amides is 1. The van der Waals surface area contributed by atoms with Gasteiger partial charge in [-0.05, 0) is 55.2 Å². The molecule has 20 heteroatoms. The van der Waals surface area contributed by atoms with Crippen molar-refractivity contribution in [2.45, 2.75) is 45.1 Å². The third-order valence-corrected chi connectivity index (χ3v) is 10.2. The second-order valence-corrected chi connectivity index (χ2v) is 14.4. The van der Waals surface area contributed by atoms with Gasteiger partial charge in [0, 0.05) is 63.1 Å². The summed E-state index contributed by atoms with van der Waals surface area (Å²) in [6.07, 6.45) is 4.73. The van der Waals surface area contributed by atoms with Crippen LogP contribution in [0.25, 0.3) is 0 Å². The lowest BCUT2D eigenvalue weighted by Gasteiger charge is -2.42. The number of allylic oxidation sites excluding steroid dienone is 1. The number of nitrogens with two attached hydrogens (primary N) is 3. The number of Topliss-reactive ketones (excluding diaryl/α,β-unsaturated/α-hetero) is 1. The molecule has 2 aliphatic heterocycles. The maximum atomic E-state index is 15.4. The van der Waals surface area contributed by atoms with Gasteiger partial charge in [0.25, 0.3) is 0 Å². The van der Waals surface area contributed by atoms with Crippen LogP contribution < -0.4 is 33.3 Å². The molecule has 0 spiro atoms. The summed E-state index contributed by atoms with van der Waals surface area (Å²) in [4.78, 5) is 79.2. The van der Waals surface area contributed by atoms with Crippen LogP contribution in [0, 0.1) is 5.92 Å². The summed E-state index contributed by atoms with van der Waals surface area (Å²) in [6, 6.07) is 13.5. The fourth-order valence-electron chi connectivity index (χ4n) is 6.91. The van der Waals surface area contributed by atoms with Crippen molar-refractivity contribution in [3.8, 4) is 0 Å². The lowest BCUT2D eigenvalue weighted by Crippen LogP contribution is -2.50. The first kappa shape index (κ1) is 45.0. The molecular weight excluding hydrogens is 796 g/mol. The maximum absolute atomic E-state index is 15.4. The maximum Gasteiger partial charge on any atom is 0.410 e. The second-order valence-electron chi connectivity index (χ2n) is 14.4. The summed E-state index contributed by atoms with van der Waals surface area (Å²) >= 11 is 0. The van der Waals surface area contributed by atoms with Crippen LogP contribution in [0.2, 0.25) is 0 Å². The summed E-state index contributed by atoms with van der Waals surface area (Å²) in [5.41, 5.74) is 13.2. The van der Waals surface area contributed by atoms with Crippen molar-refractivity contribution in [3.05, 3.63) is 113 Å². The van der Waals surface area contributed by atoms with Crippen molar-refractivity contribution in [1.82, 2.24) is 30.3 Å². The molecule has 1 saturated heterocycles. The van der Waals surface area contributed by atoms with Gasteiger partial charge >= 0.3 is 24.2 Å². The van der Waals surface area contributed by atoms with Crippen molar-refractivity contribution in [3.63, 3.8) is 0 Å². The van der Waals surface area contributed by atoms with Crippen LogP contribution in [-0.4, -0.2) is 119 Å². The van der Waals surface area contributed by atoms with E-state index in [4.69, 9.17) is 26.8 Å². The predicted octanol–water partition coefficient (Wildman–Crippen LogP) is 2.21. The Kier molecular flexibility index (Phi) is 15.7. The molecule has 5 rings (SSSR count). The van der Waals surface area contributed by atoms with E-state index in [0.717, 1.165) is 10.6 Å². The fourth-order valence-corrected chi connectivity index (χ4v) is 6.91. The van der Waals surface area contributed by atoms with Gasteiger partial charge in [0.1, 0.15) is 30.7 Å².